The van der Waals surface area contributed by atoms with E-state index in [9.17, 15) is 4.39 Å². The maximum atomic E-state index is 13.5. The Labute approximate surface area is 131 Å². The van der Waals surface area contributed by atoms with Crippen molar-refractivity contribution in [2.75, 3.05) is 11.9 Å². The number of nitrogens with one attached hydrogen (secondary N) is 1. The molecule has 1 N–H and O–H groups in total. The lowest BCUT2D eigenvalue weighted by Gasteiger charge is -2.10. The standard InChI is InChI=1S/C15H17BrFN3O/c1-3-7-18-14-9-15(20-13(4-2)19-14)21-10-5-6-11(16)12(17)8-10/h5-6,8-9H,3-4,7H2,1-2H3,(H,18,19,20). The molecule has 6 heteroatoms. The number of ether oxygens (including phenoxy) is 1. The van der Waals surface area contributed by atoms with E-state index >= 15 is 0 Å². The monoisotopic (exact) mass is 353 g/mol. The van der Waals surface area contributed by atoms with E-state index in [0.717, 1.165) is 18.8 Å². The van der Waals surface area contributed by atoms with Gasteiger partial charge < -0.3 is 10.1 Å². The number of nitrogens with zero attached hydrogens (tertiary/aromatic N) is 2. The minimum Gasteiger partial charge on any atom is -0.439 e. The molecule has 0 aliphatic rings. The molecule has 0 radical (unpaired) electrons. The van der Waals surface area contributed by atoms with Crippen LogP contribution in [0.25, 0.3) is 0 Å². The Balaban J connectivity index is 2.23. The lowest BCUT2D eigenvalue weighted by molar-refractivity contribution is 0.454. The summed E-state index contributed by atoms with van der Waals surface area (Å²) in [5.41, 5.74) is 0. The zero-order chi connectivity index (χ0) is 15.2. The first-order valence-corrected chi connectivity index (χ1v) is 7.66. The molecule has 21 heavy (non-hydrogen) atoms. The van der Waals surface area contributed by atoms with Crippen LogP contribution in [0.15, 0.2) is 28.7 Å². The average molecular weight is 354 g/mol. The molecule has 0 spiro atoms. The molecule has 2 aromatic rings. The highest BCUT2D eigenvalue weighted by molar-refractivity contribution is 9.10. The largest absolute Gasteiger partial charge is 0.439 e. The number of hydrogen-bond donors (Lipinski definition) is 1. The minimum absolute atomic E-state index is 0.374. The van der Waals surface area contributed by atoms with E-state index in [1.807, 2.05) is 6.92 Å². The second-order valence-electron chi connectivity index (χ2n) is 4.47. The Hall–Kier alpha value is -1.69. The number of halogens is 2. The Bertz CT molecular complexity index is 622. The molecule has 0 saturated heterocycles. The first-order chi connectivity index (χ1) is 10.1. The van der Waals surface area contributed by atoms with Gasteiger partial charge in [-0.05, 0) is 34.5 Å². The molecule has 1 heterocycles. The molecule has 0 saturated carbocycles. The van der Waals surface area contributed by atoms with Gasteiger partial charge in [-0.1, -0.05) is 13.8 Å². The lowest BCUT2D eigenvalue weighted by Crippen LogP contribution is -2.05. The third-order valence-corrected chi connectivity index (χ3v) is 3.38. The van der Waals surface area contributed by atoms with Crippen LogP contribution in [0.2, 0.25) is 0 Å². The maximum Gasteiger partial charge on any atom is 0.224 e. The summed E-state index contributed by atoms with van der Waals surface area (Å²) < 4.78 is 19.5. The van der Waals surface area contributed by atoms with E-state index in [1.165, 1.54) is 6.07 Å². The summed E-state index contributed by atoms with van der Waals surface area (Å²) in [6.45, 7) is 4.88. The van der Waals surface area contributed by atoms with Crippen molar-refractivity contribution in [3.05, 3.63) is 40.4 Å². The average Bonchev–Trinajstić information content (AvgIpc) is 2.48. The van der Waals surface area contributed by atoms with Gasteiger partial charge in [-0.2, -0.15) is 4.98 Å². The first-order valence-electron chi connectivity index (χ1n) is 6.87. The number of anilines is 1. The molecule has 0 aliphatic heterocycles. The number of aryl methyl sites for hydroxylation is 1. The Kier molecular flexibility index (Phi) is 5.50. The van der Waals surface area contributed by atoms with E-state index in [2.05, 4.69) is 38.1 Å². The summed E-state index contributed by atoms with van der Waals surface area (Å²) in [5, 5.41) is 3.20. The normalized spacial score (nSPS) is 10.5. The van der Waals surface area contributed by atoms with Crippen molar-refractivity contribution in [2.24, 2.45) is 0 Å². The molecule has 0 amide bonds. The van der Waals surface area contributed by atoms with Crippen LogP contribution < -0.4 is 10.1 Å². The van der Waals surface area contributed by atoms with Crippen molar-refractivity contribution in [3.63, 3.8) is 0 Å². The predicted octanol–water partition coefficient (Wildman–Crippen LogP) is 4.55. The van der Waals surface area contributed by atoms with Crippen molar-refractivity contribution in [2.45, 2.75) is 26.7 Å². The quantitative estimate of drug-likeness (QED) is 0.827. The molecule has 0 bridgehead atoms. The van der Waals surface area contributed by atoms with Crippen LogP contribution >= 0.6 is 15.9 Å². The summed E-state index contributed by atoms with van der Waals surface area (Å²) in [4.78, 5) is 8.68. The van der Waals surface area contributed by atoms with Crippen LogP contribution in [-0.2, 0) is 6.42 Å². The molecule has 0 atom stereocenters. The van der Waals surface area contributed by atoms with Crippen molar-refractivity contribution in [3.8, 4) is 11.6 Å². The molecule has 1 aromatic heterocycles. The summed E-state index contributed by atoms with van der Waals surface area (Å²) in [5.74, 6) is 1.83. The topological polar surface area (TPSA) is 47.0 Å². The number of aromatic nitrogens is 2. The van der Waals surface area contributed by atoms with Gasteiger partial charge in [-0.3, -0.25) is 0 Å². The first kappa shape index (κ1) is 15.7. The van der Waals surface area contributed by atoms with E-state index < -0.39 is 0 Å². The van der Waals surface area contributed by atoms with Gasteiger partial charge >= 0.3 is 0 Å². The Morgan fingerprint density at radius 1 is 1.24 bits per heavy atom. The van der Waals surface area contributed by atoms with E-state index in [1.54, 1.807) is 18.2 Å². The van der Waals surface area contributed by atoms with Crippen molar-refractivity contribution < 1.29 is 9.13 Å². The van der Waals surface area contributed by atoms with E-state index in [4.69, 9.17) is 4.74 Å². The molecule has 0 unspecified atom stereocenters. The maximum absolute atomic E-state index is 13.5. The molecule has 0 fully saturated rings. The molecule has 1 aromatic carbocycles. The van der Waals surface area contributed by atoms with Gasteiger partial charge in [-0.25, -0.2) is 9.37 Å². The zero-order valence-corrected chi connectivity index (χ0v) is 13.6. The summed E-state index contributed by atoms with van der Waals surface area (Å²) in [6.07, 6.45) is 1.70. The van der Waals surface area contributed by atoms with E-state index in [0.29, 0.717) is 28.3 Å². The Morgan fingerprint density at radius 3 is 2.71 bits per heavy atom. The van der Waals surface area contributed by atoms with Gasteiger partial charge in [0.2, 0.25) is 5.88 Å². The zero-order valence-electron chi connectivity index (χ0n) is 12.0. The van der Waals surface area contributed by atoms with Crippen LogP contribution in [0.3, 0.4) is 0 Å². The molecular formula is C15H17BrFN3O. The summed E-state index contributed by atoms with van der Waals surface area (Å²) in [7, 11) is 0. The molecule has 112 valence electrons. The van der Waals surface area contributed by atoms with Crippen LogP contribution in [-0.4, -0.2) is 16.5 Å². The SMILES string of the molecule is CCCNc1cc(Oc2ccc(Br)c(F)c2)nc(CC)n1. The smallest absolute Gasteiger partial charge is 0.224 e. The van der Waals surface area contributed by atoms with Gasteiger partial charge in [0.15, 0.2) is 0 Å². The van der Waals surface area contributed by atoms with Crippen LogP contribution in [0.5, 0.6) is 11.6 Å². The Morgan fingerprint density at radius 2 is 2.05 bits per heavy atom. The number of benzene rings is 1. The predicted molar refractivity (Wildman–Crippen MR) is 84.4 cm³/mol. The second kappa shape index (κ2) is 7.36. The van der Waals surface area contributed by atoms with Crippen molar-refractivity contribution in [1.29, 1.82) is 0 Å². The highest BCUT2D eigenvalue weighted by atomic mass is 79.9. The van der Waals surface area contributed by atoms with Crippen LogP contribution in [0.4, 0.5) is 10.2 Å². The third kappa shape index (κ3) is 4.39. The molecule has 2 rings (SSSR count). The second-order valence-corrected chi connectivity index (χ2v) is 5.32. The lowest BCUT2D eigenvalue weighted by atomic mass is 10.3. The summed E-state index contributed by atoms with van der Waals surface area (Å²) in [6, 6.07) is 6.31. The van der Waals surface area contributed by atoms with Gasteiger partial charge in [0.1, 0.15) is 23.2 Å². The van der Waals surface area contributed by atoms with Crippen LogP contribution in [0.1, 0.15) is 26.1 Å². The minimum atomic E-state index is -0.374. The van der Waals surface area contributed by atoms with Gasteiger partial charge in [-0.15, -0.1) is 0 Å². The van der Waals surface area contributed by atoms with Gasteiger partial charge in [0.05, 0.1) is 4.47 Å². The van der Waals surface area contributed by atoms with Gasteiger partial charge in [0.25, 0.3) is 0 Å². The molecular weight excluding hydrogens is 337 g/mol. The molecule has 4 nitrogen and oxygen atoms in total. The number of hydrogen-bond acceptors (Lipinski definition) is 4. The highest BCUT2D eigenvalue weighted by Gasteiger charge is 2.07. The highest BCUT2D eigenvalue weighted by Crippen LogP contribution is 2.25. The number of rotatable bonds is 6. The van der Waals surface area contributed by atoms with Crippen LogP contribution in [0, 0.1) is 5.82 Å². The fourth-order valence-electron chi connectivity index (χ4n) is 1.69. The fourth-order valence-corrected chi connectivity index (χ4v) is 1.93. The van der Waals surface area contributed by atoms with Crippen molar-refractivity contribution in [1.82, 2.24) is 9.97 Å². The van der Waals surface area contributed by atoms with Crippen molar-refractivity contribution >= 4 is 21.7 Å². The molecule has 0 aliphatic carbocycles. The summed E-state index contributed by atoms with van der Waals surface area (Å²) >= 11 is 3.11. The van der Waals surface area contributed by atoms with E-state index in [-0.39, 0.29) is 5.82 Å². The fraction of sp³-hybridized carbons (Fsp3) is 0.333. The third-order valence-electron chi connectivity index (χ3n) is 2.73. The van der Waals surface area contributed by atoms with Gasteiger partial charge in [0, 0.05) is 25.1 Å².